The van der Waals surface area contributed by atoms with Gasteiger partial charge in [-0.25, -0.2) is 0 Å². The first kappa shape index (κ1) is 11.3. The number of nitrogens with one attached hydrogen (secondary N) is 1. The van der Waals surface area contributed by atoms with Gasteiger partial charge in [-0.3, -0.25) is 4.68 Å². The van der Waals surface area contributed by atoms with Crippen LogP contribution in [-0.4, -0.2) is 15.8 Å². The maximum atomic E-state index is 4.17. The fraction of sp³-hybridized carbons (Fsp3) is 0.400. The van der Waals surface area contributed by atoms with E-state index in [9.17, 15) is 0 Å². The predicted molar refractivity (Wildman–Crippen MR) is 73.8 cm³/mol. The molecule has 0 amide bonds. The van der Waals surface area contributed by atoms with E-state index in [4.69, 9.17) is 0 Å². The Kier molecular flexibility index (Phi) is 2.82. The molecule has 0 bridgehead atoms. The normalized spacial score (nSPS) is 22.6. The van der Waals surface area contributed by atoms with Gasteiger partial charge in [0.2, 0.25) is 0 Å². The van der Waals surface area contributed by atoms with Crippen molar-refractivity contribution in [2.24, 2.45) is 7.05 Å². The zero-order valence-electron chi connectivity index (χ0n) is 10.9. The molecule has 94 valence electrons. The van der Waals surface area contributed by atoms with Gasteiger partial charge in [-0.05, 0) is 31.2 Å². The molecular formula is C15H19N3. The Morgan fingerprint density at radius 2 is 2.17 bits per heavy atom. The van der Waals surface area contributed by atoms with E-state index in [1.807, 2.05) is 24.1 Å². The molecule has 3 heteroatoms. The minimum absolute atomic E-state index is 0.597. The zero-order valence-corrected chi connectivity index (χ0v) is 10.9. The van der Waals surface area contributed by atoms with Crippen LogP contribution in [0.3, 0.4) is 0 Å². The number of hydrogen-bond donors (Lipinski definition) is 1. The molecule has 1 aromatic carbocycles. The summed E-state index contributed by atoms with van der Waals surface area (Å²) in [6.45, 7) is 2.16. The van der Waals surface area contributed by atoms with Crippen LogP contribution >= 0.6 is 0 Å². The molecule has 0 radical (unpaired) electrons. The second-order valence-corrected chi connectivity index (χ2v) is 5.33. The second kappa shape index (κ2) is 4.48. The van der Waals surface area contributed by atoms with Gasteiger partial charge < -0.3 is 5.32 Å². The summed E-state index contributed by atoms with van der Waals surface area (Å²) < 4.78 is 1.83. The van der Waals surface area contributed by atoms with Crippen molar-refractivity contribution in [2.75, 3.05) is 5.32 Å². The van der Waals surface area contributed by atoms with Crippen molar-refractivity contribution in [3.63, 3.8) is 0 Å². The average molecular weight is 241 g/mol. The Bertz CT molecular complexity index is 538. The lowest BCUT2D eigenvalue weighted by atomic mass is 9.75. The quantitative estimate of drug-likeness (QED) is 0.895. The molecule has 2 aromatic rings. The molecule has 0 atom stereocenters. The highest BCUT2D eigenvalue weighted by atomic mass is 15.3. The second-order valence-electron chi connectivity index (χ2n) is 5.33. The van der Waals surface area contributed by atoms with Gasteiger partial charge in [-0.2, -0.15) is 5.10 Å². The minimum Gasteiger partial charge on any atom is -0.380 e. The fourth-order valence-corrected chi connectivity index (χ4v) is 2.66. The molecule has 1 aliphatic rings. The molecule has 1 aromatic heterocycles. The molecule has 0 saturated heterocycles. The minimum atomic E-state index is 0.597. The van der Waals surface area contributed by atoms with Gasteiger partial charge in [0.15, 0.2) is 0 Å². The van der Waals surface area contributed by atoms with Crippen LogP contribution in [0.2, 0.25) is 0 Å². The van der Waals surface area contributed by atoms with E-state index in [-0.39, 0.29) is 0 Å². The Morgan fingerprint density at radius 3 is 2.83 bits per heavy atom. The molecule has 3 rings (SSSR count). The zero-order chi connectivity index (χ0) is 12.5. The molecular weight excluding hydrogens is 222 g/mol. The number of aromatic nitrogens is 2. The van der Waals surface area contributed by atoms with E-state index >= 15 is 0 Å². The molecule has 1 N–H and O–H groups in total. The van der Waals surface area contributed by atoms with E-state index in [0.717, 1.165) is 11.6 Å². The summed E-state index contributed by atoms with van der Waals surface area (Å²) in [5, 5.41) is 7.70. The molecule has 3 nitrogen and oxygen atoms in total. The summed E-state index contributed by atoms with van der Waals surface area (Å²) in [4.78, 5) is 0. The lowest BCUT2D eigenvalue weighted by Crippen LogP contribution is -2.33. The van der Waals surface area contributed by atoms with E-state index in [0.29, 0.717) is 6.04 Å². The summed E-state index contributed by atoms with van der Waals surface area (Å²) in [5.74, 6) is 0.721. The molecule has 1 aliphatic carbocycles. The van der Waals surface area contributed by atoms with Crippen molar-refractivity contribution in [1.29, 1.82) is 0 Å². The lowest BCUT2D eigenvalue weighted by Gasteiger charge is -2.36. The smallest absolute Gasteiger partial charge is 0.0728 e. The molecule has 1 heterocycles. The maximum Gasteiger partial charge on any atom is 0.0728 e. The number of hydrogen-bond acceptors (Lipinski definition) is 2. The first-order valence-electron chi connectivity index (χ1n) is 6.52. The van der Waals surface area contributed by atoms with Crippen LogP contribution in [0.5, 0.6) is 0 Å². The van der Waals surface area contributed by atoms with Gasteiger partial charge in [0, 0.05) is 19.3 Å². The molecule has 0 unspecified atom stereocenters. The summed E-state index contributed by atoms with van der Waals surface area (Å²) in [7, 11) is 1.95. The van der Waals surface area contributed by atoms with Crippen molar-refractivity contribution in [3.05, 3.63) is 47.8 Å². The van der Waals surface area contributed by atoms with Crippen LogP contribution in [0, 0.1) is 6.92 Å². The van der Waals surface area contributed by atoms with Gasteiger partial charge in [-0.15, -0.1) is 0 Å². The molecule has 0 spiro atoms. The topological polar surface area (TPSA) is 29.9 Å². The van der Waals surface area contributed by atoms with Crippen LogP contribution in [-0.2, 0) is 7.05 Å². The molecule has 18 heavy (non-hydrogen) atoms. The number of aryl methyl sites for hydroxylation is 2. The van der Waals surface area contributed by atoms with Gasteiger partial charge in [0.1, 0.15) is 0 Å². The highest BCUT2D eigenvalue weighted by Gasteiger charge is 2.30. The van der Waals surface area contributed by atoms with E-state index in [2.05, 4.69) is 41.6 Å². The standard InChI is InChI=1S/C15H19N3/c1-11-4-3-5-12(6-11)13-7-14(8-13)17-15-9-16-18(2)10-15/h3-6,9-10,13-14,17H,7-8H2,1-2H3. The van der Waals surface area contributed by atoms with Crippen LogP contribution in [0.25, 0.3) is 0 Å². The summed E-state index contributed by atoms with van der Waals surface area (Å²) in [6, 6.07) is 9.47. The Morgan fingerprint density at radius 1 is 1.33 bits per heavy atom. The molecule has 1 fully saturated rings. The molecule has 0 aliphatic heterocycles. The lowest BCUT2D eigenvalue weighted by molar-refractivity contribution is 0.374. The third kappa shape index (κ3) is 2.26. The van der Waals surface area contributed by atoms with Crippen molar-refractivity contribution in [1.82, 2.24) is 9.78 Å². The van der Waals surface area contributed by atoms with Crippen molar-refractivity contribution in [2.45, 2.75) is 31.7 Å². The fourth-order valence-electron chi connectivity index (χ4n) is 2.66. The van der Waals surface area contributed by atoms with Crippen LogP contribution in [0.1, 0.15) is 29.9 Å². The van der Waals surface area contributed by atoms with E-state index in [1.54, 1.807) is 0 Å². The monoisotopic (exact) mass is 241 g/mol. The first-order valence-corrected chi connectivity index (χ1v) is 6.52. The highest BCUT2D eigenvalue weighted by Crippen LogP contribution is 2.38. The third-order valence-corrected chi connectivity index (χ3v) is 3.73. The Balaban J connectivity index is 1.57. The average Bonchev–Trinajstić information content (AvgIpc) is 2.69. The Labute approximate surface area is 108 Å². The number of nitrogens with zero attached hydrogens (tertiary/aromatic N) is 2. The van der Waals surface area contributed by atoms with E-state index in [1.165, 1.54) is 24.0 Å². The molecule has 1 saturated carbocycles. The Hall–Kier alpha value is -1.77. The third-order valence-electron chi connectivity index (χ3n) is 3.73. The van der Waals surface area contributed by atoms with E-state index < -0.39 is 0 Å². The van der Waals surface area contributed by atoms with Crippen LogP contribution < -0.4 is 5.32 Å². The number of benzene rings is 1. The maximum absolute atomic E-state index is 4.17. The van der Waals surface area contributed by atoms with Crippen LogP contribution in [0.15, 0.2) is 36.7 Å². The van der Waals surface area contributed by atoms with Crippen molar-refractivity contribution in [3.8, 4) is 0 Å². The van der Waals surface area contributed by atoms with Gasteiger partial charge >= 0.3 is 0 Å². The summed E-state index contributed by atoms with van der Waals surface area (Å²) in [6.07, 6.45) is 6.36. The highest BCUT2D eigenvalue weighted by molar-refractivity contribution is 5.41. The van der Waals surface area contributed by atoms with Crippen molar-refractivity contribution < 1.29 is 0 Å². The van der Waals surface area contributed by atoms with Crippen molar-refractivity contribution >= 4 is 5.69 Å². The van der Waals surface area contributed by atoms with Crippen LogP contribution in [0.4, 0.5) is 5.69 Å². The van der Waals surface area contributed by atoms with Gasteiger partial charge in [0.25, 0.3) is 0 Å². The first-order chi connectivity index (χ1) is 8.70. The van der Waals surface area contributed by atoms with Gasteiger partial charge in [0.05, 0.1) is 11.9 Å². The summed E-state index contributed by atoms with van der Waals surface area (Å²) >= 11 is 0. The predicted octanol–water partition coefficient (Wildman–Crippen LogP) is 3.09. The SMILES string of the molecule is Cc1cccc(C2CC(Nc3cnn(C)c3)C2)c1. The summed E-state index contributed by atoms with van der Waals surface area (Å²) in [5.41, 5.74) is 3.97. The number of anilines is 1. The number of rotatable bonds is 3. The van der Waals surface area contributed by atoms with Gasteiger partial charge in [-0.1, -0.05) is 29.8 Å². The largest absolute Gasteiger partial charge is 0.380 e.